The van der Waals surface area contributed by atoms with Gasteiger partial charge in [-0.05, 0) is 24.6 Å². The van der Waals surface area contributed by atoms with Crippen LogP contribution in [-0.2, 0) is 0 Å². The van der Waals surface area contributed by atoms with Gasteiger partial charge in [-0.15, -0.1) is 0 Å². The van der Waals surface area contributed by atoms with Crippen LogP contribution in [0.5, 0.6) is 11.5 Å². The van der Waals surface area contributed by atoms with Crippen LogP contribution in [0.4, 0.5) is 0 Å². The van der Waals surface area contributed by atoms with Gasteiger partial charge in [0.2, 0.25) is 0 Å². The van der Waals surface area contributed by atoms with Gasteiger partial charge in [-0.25, -0.2) is 4.79 Å². The second-order valence-electron chi connectivity index (χ2n) is 3.04. The first-order valence-corrected chi connectivity index (χ1v) is 4.37. The summed E-state index contributed by atoms with van der Waals surface area (Å²) >= 11 is 0. The van der Waals surface area contributed by atoms with Crippen molar-refractivity contribution in [2.24, 2.45) is 0 Å². The van der Waals surface area contributed by atoms with E-state index in [9.17, 15) is 9.90 Å². The van der Waals surface area contributed by atoms with Crippen molar-refractivity contribution in [1.82, 2.24) is 0 Å². The monoisotopic (exact) mass is 208 g/mol. The van der Waals surface area contributed by atoms with E-state index in [4.69, 9.17) is 9.84 Å². The molecule has 0 fully saturated rings. The fourth-order valence-corrected chi connectivity index (χ4v) is 1.15. The summed E-state index contributed by atoms with van der Waals surface area (Å²) in [5, 5.41) is 18.3. The molecule has 0 radical (unpaired) electrons. The third-order valence-electron chi connectivity index (χ3n) is 1.87. The number of benzene rings is 1. The minimum Gasteiger partial charge on any atom is -0.507 e. The number of hydrogen-bond donors (Lipinski definition) is 2. The lowest BCUT2D eigenvalue weighted by Gasteiger charge is -2.08. The van der Waals surface area contributed by atoms with Crippen molar-refractivity contribution >= 4 is 5.97 Å². The molecule has 0 bridgehead atoms. The summed E-state index contributed by atoms with van der Waals surface area (Å²) in [6.45, 7) is 5.39. The highest BCUT2D eigenvalue weighted by atomic mass is 16.5. The molecule has 4 nitrogen and oxygen atoms in total. The Labute approximate surface area is 87.4 Å². The quantitative estimate of drug-likeness (QED) is 0.742. The number of ether oxygens (including phenoxy) is 1. The molecule has 2 N–H and O–H groups in total. The summed E-state index contributed by atoms with van der Waals surface area (Å²) in [4.78, 5) is 10.8. The lowest BCUT2D eigenvalue weighted by molar-refractivity contribution is 0.0693. The summed E-state index contributed by atoms with van der Waals surface area (Å²) in [6, 6.07) is 2.86. The molecule has 0 aliphatic heterocycles. The van der Waals surface area contributed by atoms with E-state index in [-0.39, 0.29) is 11.3 Å². The topological polar surface area (TPSA) is 66.8 Å². The first kappa shape index (κ1) is 11.1. The molecule has 15 heavy (non-hydrogen) atoms. The zero-order valence-corrected chi connectivity index (χ0v) is 8.36. The van der Waals surface area contributed by atoms with Crippen LogP contribution in [0.15, 0.2) is 24.8 Å². The first-order chi connectivity index (χ1) is 7.06. The maximum Gasteiger partial charge on any atom is 0.339 e. The molecule has 80 valence electrons. The number of carbonyl (C=O) groups is 1. The average molecular weight is 208 g/mol. The smallest absolute Gasteiger partial charge is 0.339 e. The van der Waals surface area contributed by atoms with Gasteiger partial charge >= 0.3 is 5.97 Å². The second-order valence-corrected chi connectivity index (χ2v) is 3.04. The predicted molar refractivity (Wildman–Crippen MR) is 55.5 cm³/mol. The molecular formula is C11H12O4. The maximum atomic E-state index is 10.8. The van der Waals surface area contributed by atoms with Crippen LogP contribution in [0.1, 0.15) is 15.9 Å². The van der Waals surface area contributed by atoms with Crippen LogP contribution < -0.4 is 4.74 Å². The Morgan fingerprint density at radius 2 is 2.27 bits per heavy atom. The first-order valence-electron chi connectivity index (χ1n) is 4.37. The lowest BCUT2D eigenvalue weighted by Crippen LogP contribution is -2.00. The van der Waals surface area contributed by atoms with Crippen LogP contribution in [0.25, 0.3) is 0 Å². The molecule has 0 aromatic heterocycles. The summed E-state index contributed by atoms with van der Waals surface area (Å²) in [7, 11) is 0. The molecule has 1 aromatic carbocycles. The molecule has 1 rings (SSSR count). The van der Waals surface area contributed by atoms with Crippen LogP contribution >= 0.6 is 0 Å². The molecule has 0 heterocycles. The molecule has 0 aliphatic carbocycles. The molecule has 0 amide bonds. The van der Waals surface area contributed by atoms with Crippen molar-refractivity contribution in [3.8, 4) is 11.5 Å². The number of hydrogen-bond acceptors (Lipinski definition) is 3. The van der Waals surface area contributed by atoms with Gasteiger partial charge in [0.1, 0.15) is 23.7 Å². The summed E-state index contributed by atoms with van der Waals surface area (Å²) in [5.41, 5.74) is 0.308. The summed E-state index contributed by atoms with van der Waals surface area (Å²) < 4.78 is 5.19. The molecule has 4 heteroatoms. The standard InChI is InChI=1S/C11H12O4/c1-3-4-15-8-5-7(2)10(12)9(6-8)11(13)14/h3,5-6,12H,1,4H2,2H3,(H,13,14). The summed E-state index contributed by atoms with van der Waals surface area (Å²) in [6.07, 6.45) is 1.56. The molecule has 0 saturated carbocycles. The van der Waals surface area contributed by atoms with Crippen molar-refractivity contribution in [2.45, 2.75) is 6.92 Å². The van der Waals surface area contributed by atoms with Gasteiger partial charge in [-0.2, -0.15) is 0 Å². The van der Waals surface area contributed by atoms with Crippen LogP contribution in [0.2, 0.25) is 0 Å². The van der Waals surface area contributed by atoms with E-state index in [2.05, 4.69) is 6.58 Å². The highest BCUT2D eigenvalue weighted by Gasteiger charge is 2.13. The van der Waals surface area contributed by atoms with Crippen molar-refractivity contribution in [3.05, 3.63) is 35.9 Å². The van der Waals surface area contributed by atoms with Gasteiger partial charge in [-0.1, -0.05) is 12.7 Å². The number of aromatic carboxylic acids is 1. The van der Waals surface area contributed by atoms with Crippen molar-refractivity contribution in [1.29, 1.82) is 0 Å². The minimum atomic E-state index is -1.18. The number of carboxylic acids is 1. The Hall–Kier alpha value is -1.97. The molecule has 0 atom stereocenters. The fourth-order valence-electron chi connectivity index (χ4n) is 1.15. The largest absolute Gasteiger partial charge is 0.507 e. The molecule has 0 unspecified atom stereocenters. The van der Waals surface area contributed by atoms with Crippen molar-refractivity contribution in [2.75, 3.05) is 6.61 Å². The Kier molecular flexibility index (Phi) is 3.33. The average Bonchev–Trinajstić information content (AvgIpc) is 2.19. The molecule has 1 aromatic rings. The van der Waals surface area contributed by atoms with E-state index in [1.54, 1.807) is 19.1 Å². The zero-order chi connectivity index (χ0) is 11.4. The van der Waals surface area contributed by atoms with E-state index in [0.717, 1.165) is 0 Å². The van der Waals surface area contributed by atoms with E-state index < -0.39 is 5.97 Å². The minimum absolute atomic E-state index is 0.158. The van der Waals surface area contributed by atoms with Gasteiger partial charge in [0.05, 0.1) is 0 Å². The molecule has 0 spiro atoms. The SMILES string of the molecule is C=CCOc1cc(C)c(O)c(C(=O)O)c1. The van der Waals surface area contributed by atoms with E-state index >= 15 is 0 Å². The molecular weight excluding hydrogens is 196 g/mol. The van der Waals surface area contributed by atoms with Crippen LogP contribution in [0.3, 0.4) is 0 Å². The third kappa shape index (κ3) is 2.49. The van der Waals surface area contributed by atoms with Gasteiger partial charge in [-0.3, -0.25) is 0 Å². The van der Waals surface area contributed by atoms with Gasteiger partial charge in [0.15, 0.2) is 0 Å². The predicted octanol–water partition coefficient (Wildman–Crippen LogP) is 1.96. The number of aromatic hydroxyl groups is 1. The Balaban J connectivity index is 3.11. The number of rotatable bonds is 4. The van der Waals surface area contributed by atoms with Crippen LogP contribution in [-0.4, -0.2) is 22.8 Å². The normalized spacial score (nSPS) is 9.67. The van der Waals surface area contributed by atoms with Gasteiger partial charge in [0, 0.05) is 0 Å². The highest BCUT2D eigenvalue weighted by Crippen LogP contribution is 2.27. The van der Waals surface area contributed by atoms with Gasteiger partial charge < -0.3 is 14.9 Å². The third-order valence-corrected chi connectivity index (χ3v) is 1.87. The Morgan fingerprint density at radius 3 is 2.80 bits per heavy atom. The number of aryl methyl sites for hydroxylation is 1. The molecule has 0 saturated heterocycles. The maximum absolute atomic E-state index is 10.8. The van der Waals surface area contributed by atoms with E-state index in [0.29, 0.717) is 17.9 Å². The Bertz CT molecular complexity index is 396. The summed E-state index contributed by atoms with van der Waals surface area (Å²) in [5.74, 6) is -1.00. The second kappa shape index (κ2) is 4.50. The Morgan fingerprint density at radius 1 is 1.60 bits per heavy atom. The number of carboxylic acid groups (broad SMARTS) is 1. The number of phenols is 1. The van der Waals surface area contributed by atoms with Gasteiger partial charge in [0.25, 0.3) is 0 Å². The van der Waals surface area contributed by atoms with Crippen molar-refractivity contribution < 1.29 is 19.7 Å². The van der Waals surface area contributed by atoms with E-state index in [1.165, 1.54) is 6.07 Å². The zero-order valence-electron chi connectivity index (χ0n) is 8.36. The lowest BCUT2D eigenvalue weighted by atomic mass is 10.1. The fraction of sp³-hybridized carbons (Fsp3) is 0.182. The van der Waals surface area contributed by atoms with Crippen LogP contribution in [0, 0.1) is 6.92 Å². The highest BCUT2D eigenvalue weighted by molar-refractivity contribution is 5.91. The molecule has 0 aliphatic rings. The van der Waals surface area contributed by atoms with E-state index in [1.807, 2.05) is 0 Å². The van der Waals surface area contributed by atoms with Crippen molar-refractivity contribution in [3.63, 3.8) is 0 Å².